The molecule has 24 heavy (non-hydrogen) atoms. The first-order valence-corrected chi connectivity index (χ1v) is 8.33. The summed E-state index contributed by atoms with van der Waals surface area (Å²) in [6.07, 6.45) is 5.60. The van der Waals surface area contributed by atoms with Gasteiger partial charge in [0.25, 0.3) is 5.91 Å². The van der Waals surface area contributed by atoms with Gasteiger partial charge in [-0.3, -0.25) is 14.4 Å². The Morgan fingerprint density at radius 2 is 2.29 bits per heavy atom. The number of hydrogen-bond acceptors (Lipinski definition) is 5. The molecule has 2 aliphatic rings. The maximum absolute atomic E-state index is 12.5. The lowest BCUT2D eigenvalue weighted by molar-refractivity contribution is 0.0476. The van der Waals surface area contributed by atoms with Gasteiger partial charge in [-0.1, -0.05) is 0 Å². The van der Waals surface area contributed by atoms with E-state index in [1.54, 1.807) is 12.1 Å². The summed E-state index contributed by atoms with van der Waals surface area (Å²) in [6.45, 7) is 4.77. The molecule has 0 N–H and O–H groups in total. The summed E-state index contributed by atoms with van der Waals surface area (Å²) in [6, 6.07) is 3.46. The molecule has 0 unspecified atom stereocenters. The van der Waals surface area contributed by atoms with E-state index in [1.165, 1.54) is 11.8 Å². The van der Waals surface area contributed by atoms with Crippen molar-refractivity contribution in [3.8, 4) is 0 Å². The van der Waals surface area contributed by atoms with E-state index >= 15 is 0 Å². The molecule has 2 aromatic rings. The third-order valence-corrected chi connectivity index (χ3v) is 4.80. The predicted molar refractivity (Wildman–Crippen MR) is 86.3 cm³/mol. The van der Waals surface area contributed by atoms with Crippen molar-refractivity contribution in [2.24, 2.45) is 13.0 Å². The zero-order chi connectivity index (χ0) is 16.5. The van der Waals surface area contributed by atoms with Crippen LogP contribution in [0.4, 0.5) is 0 Å². The van der Waals surface area contributed by atoms with E-state index in [0.717, 1.165) is 19.6 Å². The van der Waals surface area contributed by atoms with Gasteiger partial charge in [-0.2, -0.15) is 5.10 Å². The SMILES string of the molecule is Cn1cc(CN2CCO[C@@H]3CN(C(=O)c4ccco4)C[C@@H]3C2)cn1. The molecule has 7 heteroatoms. The van der Waals surface area contributed by atoms with E-state index in [0.29, 0.717) is 31.4 Å². The Morgan fingerprint density at radius 3 is 3.04 bits per heavy atom. The maximum atomic E-state index is 12.5. The van der Waals surface area contributed by atoms with E-state index in [2.05, 4.69) is 10.00 Å². The number of nitrogens with zero attached hydrogens (tertiary/aromatic N) is 4. The lowest BCUT2D eigenvalue weighted by Crippen LogP contribution is -2.33. The van der Waals surface area contributed by atoms with E-state index in [1.807, 2.05) is 29.0 Å². The fraction of sp³-hybridized carbons (Fsp3) is 0.529. The molecule has 0 aromatic carbocycles. The van der Waals surface area contributed by atoms with Crippen molar-refractivity contribution in [1.29, 1.82) is 0 Å². The van der Waals surface area contributed by atoms with Gasteiger partial charge in [-0.15, -0.1) is 0 Å². The fourth-order valence-corrected chi connectivity index (χ4v) is 3.64. The molecule has 0 radical (unpaired) electrons. The van der Waals surface area contributed by atoms with Crippen LogP contribution in [-0.4, -0.2) is 64.4 Å². The molecule has 2 atom stereocenters. The molecule has 4 rings (SSSR count). The molecule has 0 aliphatic carbocycles. The lowest BCUT2D eigenvalue weighted by atomic mass is 10.1. The van der Waals surface area contributed by atoms with Gasteiger partial charge < -0.3 is 14.1 Å². The van der Waals surface area contributed by atoms with E-state index in [-0.39, 0.29) is 12.0 Å². The van der Waals surface area contributed by atoms with Gasteiger partial charge >= 0.3 is 0 Å². The number of aromatic nitrogens is 2. The van der Waals surface area contributed by atoms with Crippen molar-refractivity contribution in [3.63, 3.8) is 0 Å². The van der Waals surface area contributed by atoms with Gasteiger partial charge in [-0.05, 0) is 12.1 Å². The fourth-order valence-electron chi connectivity index (χ4n) is 3.64. The monoisotopic (exact) mass is 330 g/mol. The minimum Gasteiger partial charge on any atom is -0.459 e. The molecule has 0 spiro atoms. The maximum Gasteiger partial charge on any atom is 0.289 e. The molecular weight excluding hydrogens is 308 g/mol. The largest absolute Gasteiger partial charge is 0.459 e. The average Bonchev–Trinajstić information content (AvgIpc) is 3.28. The zero-order valence-corrected chi connectivity index (χ0v) is 13.8. The van der Waals surface area contributed by atoms with E-state index in [4.69, 9.17) is 9.15 Å². The highest BCUT2D eigenvalue weighted by Gasteiger charge is 2.39. The molecule has 0 bridgehead atoms. The Balaban J connectivity index is 1.40. The van der Waals surface area contributed by atoms with Crippen molar-refractivity contribution in [3.05, 3.63) is 42.1 Å². The number of hydrogen-bond donors (Lipinski definition) is 0. The summed E-state index contributed by atoms with van der Waals surface area (Å²) in [5.74, 6) is 0.692. The smallest absolute Gasteiger partial charge is 0.289 e. The predicted octanol–water partition coefficient (Wildman–Crippen LogP) is 0.986. The number of ether oxygens (including phenoxy) is 1. The van der Waals surface area contributed by atoms with Crippen LogP contribution in [0.2, 0.25) is 0 Å². The Morgan fingerprint density at radius 1 is 1.38 bits per heavy atom. The van der Waals surface area contributed by atoms with Crippen LogP contribution in [0.15, 0.2) is 35.2 Å². The Kier molecular flexibility index (Phi) is 4.12. The Hall–Kier alpha value is -2.12. The normalized spacial score (nSPS) is 24.8. The molecule has 2 saturated heterocycles. The van der Waals surface area contributed by atoms with Crippen molar-refractivity contribution < 1.29 is 13.9 Å². The molecule has 2 aromatic heterocycles. The quantitative estimate of drug-likeness (QED) is 0.840. The standard InChI is InChI=1S/C17H22N4O3/c1-19-8-13(7-18-19)9-20-4-6-24-16-12-21(11-14(16)10-20)17(22)15-3-2-5-23-15/h2-3,5,7-8,14,16H,4,6,9-12H2,1H3/t14-,16+/m0/s1. The highest BCUT2D eigenvalue weighted by molar-refractivity contribution is 5.91. The summed E-state index contributed by atoms with van der Waals surface area (Å²) in [4.78, 5) is 16.7. The van der Waals surface area contributed by atoms with Crippen LogP contribution in [-0.2, 0) is 18.3 Å². The lowest BCUT2D eigenvalue weighted by Gasteiger charge is -2.22. The minimum absolute atomic E-state index is 0.0458. The second-order valence-electron chi connectivity index (χ2n) is 6.61. The van der Waals surface area contributed by atoms with E-state index < -0.39 is 0 Å². The van der Waals surface area contributed by atoms with Crippen LogP contribution in [0.1, 0.15) is 16.1 Å². The van der Waals surface area contributed by atoms with Crippen molar-refractivity contribution in [1.82, 2.24) is 19.6 Å². The zero-order valence-electron chi connectivity index (χ0n) is 13.8. The van der Waals surface area contributed by atoms with Crippen LogP contribution in [0.25, 0.3) is 0 Å². The van der Waals surface area contributed by atoms with Crippen LogP contribution >= 0.6 is 0 Å². The Bertz CT molecular complexity index is 697. The number of fused-ring (bicyclic) bond motifs is 1. The molecule has 0 saturated carbocycles. The number of amides is 1. The number of furan rings is 1. The third kappa shape index (κ3) is 3.09. The third-order valence-electron chi connectivity index (χ3n) is 4.80. The van der Waals surface area contributed by atoms with Gasteiger partial charge in [0.05, 0.1) is 25.2 Å². The molecule has 4 heterocycles. The van der Waals surface area contributed by atoms with Crippen molar-refractivity contribution >= 4 is 5.91 Å². The number of carbonyl (C=O) groups is 1. The summed E-state index contributed by atoms with van der Waals surface area (Å²) in [5.41, 5.74) is 1.21. The van der Waals surface area contributed by atoms with Crippen LogP contribution < -0.4 is 0 Å². The van der Waals surface area contributed by atoms with Crippen molar-refractivity contribution in [2.75, 3.05) is 32.8 Å². The topological polar surface area (TPSA) is 63.7 Å². The van der Waals surface area contributed by atoms with Gasteiger partial charge in [0, 0.05) is 57.4 Å². The summed E-state index contributed by atoms with van der Waals surface area (Å²) in [7, 11) is 1.93. The van der Waals surface area contributed by atoms with Crippen molar-refractivity contribution in [2.45, 2.75) is 12.6 Å². The second kappa shape index (κ2) is 6.41. The van der Waals surface area contributed by atoms with Gasteiger partial charge in [0.2, 0.25) is 0 Å². The summed E-state index contributed by atoms with van der Waals surface area (Å²) >= 11 is 0. The molecule has 1 amide bonds. The van der Waals surface area contributed by atoms with Gasteiger partial charge in [0.15, 0.2) is 5.76 Å². The highest BCUT2D eigenvalue weighted by atomic mass is 16.5. The first-order chi connectivity index (χ1) is 11.7. The summed E-state index contributed by atoms with van der Waals surface area (Å²) in [5, 5.41) is 4.23. The first kappa shape index (κ1) is 15.4. The van der Waals surface area contributed by atoms with Crippen LogP contribution in [0.3, 0.4) is 0 Å². The molecular formula is C17H22N4O3. The second-order valence-corrected chi connectivity index (χ2v) is 6.61. The van der Waals surface area contributed by atoms with Crippen LogP contribution in [0, 0.1) is 5.92 Å². The average molecular weight is 330 g/mol. The molecule has 2 aliphatic heterocycles. The molecule has 2 fully saturated rings. The highest BCUT2D eigenvalue weighted by Crippen LogP contribution is 2.25. The minimum atomic E-state index is -0.0458. The Labute approximate surface area is 140 Å². The molecule has 7 nitrogen and oxygen atoms in total. The summed E-state index contributed by atoms with van der Waals surface area (Å²) < 4.78 is 13.1. The number of likely N-dealkylation sites (tertiary alicyclic amines) is 1. The first-order valence-electron chi connectivity index (χ1n) is 8.33. The molecule has 128 valence electrons. The van der Waals surface area contributed by atoms with Gasteiger partial charge in [-0.25, -0.2) is 0 Å². The number of carbonyl (C=O) groups excluding carboxylic acids is 1. The van der Waals surface area contributed by atoms with Crippen LogP contribution in [0.5, 0.6) is 0 Å². The number of aryl methyl sites for hydroxylation is 1. The number of rotatable bonds is 3. The van der Waals surface area contributed by atoms with E-state index in [9.17, 15) is 4.79 Å². The van der Waals surface area contributed by atoms with Gasteiger partial charge in [0.1, 0.15) is 0 Å².